The van der Waals surface area contributed by atoms with E-state index in [1.165, 1.54) is 6.07 Å². The van der Waals surface area contributed by atoms with Crippen LogP contribution in [0.15, 0.2) is 42.5 Å². The number of nitrogens with one attached hydrogen (secondary N) is 1. The van der Waals surface area contributed by atoms with Gasteiger partial charge in [-0.1, -0.05) is 29.8 Å². The number of imide groups is 1. The molecule has 3 rings (SSSR count). The smallest absolute Gasteiger partial charge is 0.319 e. The lowest BCUT2D eigenvalue weighted by atomic mass is 9.92. The molecule has 1 heterocycles. The van der Waals surface area contributed by atoms with Crippen LogP contribution in [0.3, 0.4) is 0 Å². The van der Waals surface area contributed by atoms with E-state index >= 15 is 0 Å². The van der Waals surface area contributed by atoms with E-state index in [-0.39, 0.29) is 6.54 Å². The van der Waals surface area contributed by atoms with Crippen LogP contribution >= 0.6 is 11.6 Å². The highest BCUT2D eigenvalue weighted by atomic mass is 35.5. The summed E-state index contributed by atoms with van der Waals surface area (Å²) in [4.78, 5) is 25.9. The van der Waals surface area contributed by atoms with Gasteiger partial charge in [-0.25, -0.2) is 13.6 Å². The minimum absolute atomic E-state index is 0.155. The zero-order valence-electron chi connectivity index (χ0n) is 12.6. The number of halogens is 3. The average Bonchev–Trinajstić information content (AvgIpc) is 2.75. The molecule has 1 unspecified atom stereocenters. The molecule has 7 heteroatoms. The molecule has 1 aliphatic rings. The Bertz CT molecular complexity index is 843. The van der Waals surface area contributed by atoms with Crippen LogP contribution in [-0.4, -0.2) is 16.8 Å². The third-order valence-corrected chi connectivity index (χ3v) is 4.24. The molecule has 1 N–H and O–H groups in total. The number of urea groups is 1. The molecule has 0 saturated carbocycles. The summed E-state index contributed by atoms with van der Waals surface area (Å²) in [5.41, 5.74) is -0.408. The maximum absolute atomic E-state index is 13.3. The highest BCUT2D eigenvalue weighted by Crippen LogP contribution is 2.31. The summed E-state index contributed by atoms with van der Waals surface area (Å²) in [6, 6.07) is 9.27. The van der Waals surface area contributed by atoms with E-state index in [2.05, 4.69) is 5.32 Å². The van der Waals surface area contributed by atoms with Gasteiger partial charge < -0.3 is 5.32 Å². The summed E-state index contributed by atoms with van der Waals surface area (Å²) < 4.78 is 26.3. The minimum Gasteiger partial charge on any atom is -0.319 e. The van der Waals surface area contributed by atoms with Gasteiger partial charge in [0, 0.05) is 5.02 Å². The Morgan fingerprint density at radius 1 is 1.12 bits per heavy atom. The maximum Gasteiger partial charge on any atom is 0.325 e. The van der Waals surface area contributed by atoms with Gasteiger partial charge >= 0.3 is 6.03 Å². The minimum atomic E-state index is -1.26. The predicted molar refractivity (Wildman–Crippen MR) is 84.2 cm³/mol. The summed E-state index contributed by atoms with van der Waals surface area (Å²) in [5.74, 6) is -2.50. The van der Waals surface area contributed by atoms with E-state index in [4.69, 9.17) is 11.6 Å². The molecule has 1 saturated heterocycles. The normalized spacial score (nSPS) is 20.4. The first kappa shape index (κ1) is 16.4. The van der Waals surface area contributed by atoms with Crippen LogP contribution in [0.5, 0.6) is 0 Å². The Morgan fingerprint density at radius 2 is 1.88 bits per heavy atom. The number of nitrogens with zero attached hydrogens (tertiary/aromatic N) is 1. The molecule has 0 aromatic heterocycles. The number of carbonyl (C=O) groups excluding carboxylic acids is 2. The predicted octanol–water partition coefficient (Wildman–Crippen LogP) is 3.59. The number of hydrogen-bond donors (Lipinski definition) is 1. The first-order valence-corrected chi connectivity index (χ1v) is 7.53. The molecule has 1 atom stereocenters. The molecule has 1 fully saturated rings. The monoisotopic (exact) mass is 350 g/mol. The van der Waals surface area contributed by atoms with Crippen molar-refractivity contribution < 1.29 is 18.4 Å². The lowest BCUT2D eigenvalue weighted by Crippen LogP contribution is -2.40. The van der Waals surface area contributed by atoms with Crippen molar-refractivity contribution >= 4 is 23.5 Å². The van der Waals surface area contributed by atoms with Crippen molar-refractivity contribution in [2.45, 2.75) is 19.0 Å². The van der Waals surface area contributed by atoms with Gasteiger partial charge in [-0.3, -0.25) is 9.69 Å². The van der Waals surface area contributed by atoms with Crippen molar-refractivity contribution in [1.82, 2.24) is 10.2 Å². The van der Waals surface area contributed by atoms with E-state index < -0.39 is 29.1 Å². The Kier molecular flexibility index (Phi) is 4.01. The Hall–Kier alpha value is -2.47. The Balaban J connectivity index is 1.90. The zero-order chi connectivity index (χ0) is 17.5. The highest BCUT2D eigenvalue weighted by molar-refractivity contribution is 6.30. The molecule has 1 aliphatic heterocycles. The maximum atomic E-state index is 13.3. The second-order valence-corrected chi connectivity index (χ2v) is 6.14. The molecule has 0 radical (unpaired) electrons. The van der Waals surface area contributed by atoms with Crippen LogP contribution in [0.1, 0.15) is 18.1 Å². The van der Waals surface area contributed by atoms with Crippen molar-refractivity contribution in [2.24, 2.45) is 0 Å². The quantitative estimate of drug-likeness (QED) is 0.860. The molecule has 4 nitrogen and oxygen atoms in total. The molecule has 2 aromatic carbocycles. The van der Waals surface area contributed by atoms with Crippen molar-refractivity contribution in [1.29, 1.82) is 0 Å². The van der Waals surface area contributed by atoms with Crippen LogP contribution < -0.4 is 5.32 Å². The summed E-state index contributed by atoms with van der Waals surface area (Å²) in [6.45, 7) is 1.42. The molecule has 124 valence electrons. The molecule has 0 aliphatic carbocycles. The van der Waals surface area contributed by atoms with Gasteiger partial charge in [-0.2, -0.15) is 0 Å². The van der Waals surface area contributed by atoms with Gasteiger partial charge in [0.15, 0.2) is 11.6 Å². The van der Waals surface area contributed by atoms with Crippen LogP contribution in [-0.2, 0) is 16.9 Å². The van der Waals surface area contributed by atoms with Crippen molar-refractivity contribution in [2.75, 3.05) is 0 Å². The molecule has 3 amide bonds. The zero-order valence-corrected chi connectivity index (χ0v) is 13.4. The average molecular weight is 351 g/mol. The lowest BCUT2D eigenvalue weighted by Gasteiger charge is -2.22. The lowest BCUT2D eigenvalue weighted by molar-refractivity contribution is -0.131. The third-order valence-electron chi connectivity index (χ3n) is 4.00. The largest absolute Gasteiger partial charge is 0.325 e. The van der Waals surface area contributed by atoms with Crippen molar-refractivity contribution in [3.05, 3.63) is 70.2 Å². The summed E-state index contributed by atoms with van der Waals surface area (Å²) in [5, 5.41) is 3.07. The molecule has 0 bridgehead atoms. The third kappa shape index (κ3) is 2.73. The van der Waals surface area contributed by atoms with E-state index in [1.54, 1.807) is 31.2 Å². The van der Waals surface area contributed by atoms with Crippen LogP contribution in [0, 0.1) is 11.6 Å². The van der Waals surface area contributed by atoms with Gasteiger partial charge in [-0.05, 0) is 42.3 Å². The van der Waals surface area contributed by atoms with Gasteiger partial charge in [0.25, 0.3) is 5.91 Å². The molecule has 24 heavy (non-hydrogen) atoms. The van der Waals surface area contributed by atoms with E-state index in [9.17, 15) is 18.4 Å². The number of rotatable bonds is 3. The van der Waals surface area contributed by atoms with Gasteiger partial charge in [0.05, 0.1) is 6.54 Å². The standard InChI is InChI=1S/C17H13ClF2N2O2/c1-17(11-3-2-4-12(18)8-11)15(23)22(16(24)21-17)9-10-5-6-13(19)14(20)7-10/h2-8H,9H2,1H3,(H,21,24). The van der Waals surface area contributed by atoms with Crippen molar-refractivity contribution in [3.8, 4) is 0 Å². The van der Waals surface area contributed by atoms with Crippen LogP contribution in [0.4, 0.5) is 13.6 Å². The second-order valence-electron chi connectivity index (χ2n) is 5.71. The van der Waals surface area contributed by atoms with Crippen LogP contribution in [0.2, 0.25) is 5.02 Å². The van der Waals surface area contributed by atoms with Gasteiger partial charge in [0.1, 0.15) is 5.54 Å². The number of amides is 3. The fourth-order valence-electron chi connectivity index (χ4n) is 2.66. The topological polar surface area (TPSA) is 49.4 Å². The highest BCUT2D eigenvalue weighted by Gasteiger charge is 2.48. The van der Waals surface area contributed by atoms with Crippen LogP contribution in [0.25, 0.3) is 0 Å². The first-order valence-electron chi connectivity index (χ1n) is 7.15. The van der Waals surface area contributed by atoms with Crippen molar-refractivity contribution in [3.63, 3.8) is 0 Å². The molecular weight excluding hydrogens is 338 g/mol. The summed E-state index contributed by atoms with van der Waals surface area (Å²) in [7, 11) is 0. The number of benzene rings is 2. The fraction of sp³-hybridized carbons (Fsp3) is 0.176. The molecule has 0 spiro atoms. The Morgan fingerprint density at radius 3 is 2.54 bits per heavy atom. The summed E-state index contributed by atoms with van der Waals surface area (Å²) >= 11 is 5.95. The second kappa shape index (κ2) is 5.87. The fourth-order valence-corrected chi connectivity index (χ4v) is 2.85. The van der Waals surface area contributed by atoms with E-state index in [1.807, 2.05) is 0 Å². The van der Waals surface area contributed by atoms with Gasteiger partial charge in [0.2, 0.25) is 0 Å². The van der Waals surface area contributed by atoms with E-state index in [0.717, 1.165) is 17.0 Å². The summed E-state index contributed by atoms with van der Waals surface area (Å²) in [6.07, 6.45) is 0. The van der Waals surface area contributed by atoms with E-state index in [0.29, 0.717) is 16.1 Å². The molecule has 2 aromatic rings. The van der Waals surface area contributed by atoms with Gasteiger partial charge in [-0.15, -0.1) is 0 Å². The first-order chi connectivity index (χ1) is 11.3. The SMILES string of the molecule is CC1(c2cccc(Cl)c2)NC(=O)N(Cc2ccc(F)c(F)c2)C1=O. The number of hydrogen-bond acceptors (Lipinski definition) is 2. The Labute approximate surface area is 142 Å². The number of carbonyl (C=O) groups is 2. The molecular formula is C17H13ClF2N2O2.